The lowest BCUT2D eigenvalue weighted by atomic mass is 9.75. The predicted molar refractivity (Wildman–Crippen MR) is 242 cm³/mol. The second-order valence-electron chi connectivity index (χ2n) is 16.9. The summed E-state index contributed by atoms with van der Waals surface area (Å²) in [5.41, 5.74) is 18.1. The fourth-order valence-electron chi connectivity index (χ4n) is 10.7. The van der Waals surface area contributed by atoms with Crippen LogP contribution in [0.4, 0.5) is 5.69 Å². The molecule has 1 heterocycles. The maximum atomic E-state index is 2.57. The van der Waals surface area contributed by atoms with E-state index < -0.39 is 0 Å². The van der Waals surface area contributed by atoms with Crippen LogP contribution in [0.25, 0.3) is 43.8 Å². The molecule has 5 aliphatic rings. The smallest absolute Gasteiger partial charge is 0.0547 e. The Kier molecular flexibility index (Phi) is 8.10. The van der Waals surface area contributed by atoms with Crippen LogP contribution in [0.3, 0.4) is 0 Å². The minimum absolute atomic E-state index is 0.139. The topological polar surface area (TPSA) is 8.17 Å². The van der Waals surface area contributed by atoms with Gasteiger partial charge in [-0.25, -0.2) is 0 Å². The Morgan fingerprint density at radius 3 is 2.30 bits per heavy atom. The van der Waals surface area contributed by atoms with Gasteiger partial charge in [-0.15, -0.1) is 0 Å². The third kappa shape index (κ3) is 5.52. The first-order valence-corrected chi connectivity index (χ1v) is 21.0. The van der Waals surface area contributed by atoms with Gasteiger partial charge in [0.1, 0.15) is 0 Å². The molecule has 0 radical (unpaired) electrons. The lowest BCUT2D eigenvalue weighted by Gasteiger charge is -2.35. The predicted octanol–water partition coefficient (Wildman–Crippen LogP) is 14.8. The van der Waals surface area contributed by atoms with Gasteiger partial charge in [-0.3, -0.25) is 0 Å². The van der Waals surface area contributed by atoms with Crippen LogP contribution in [0.15, 0.2) is 198 Å². The quantitative estimate of drug-likeness (QED) is 0.165. The molecule has 1 atom stereocenters. The summed E-state index contributed by atoms with van der Waals surface area (Å²) in [6.45, 7) is 4.92. The lowest BCUT2D eigenvalue weighted by Crippen LogP contribution is -2.25. The standard InChI is InChI=1S/C55H48N2/c1-55(2)49-21-11-8-19-46(49)48-36-43(33-34-50(48)55)56(41-29-24-38(25-30-41)37-14-4-3-5-15-37)42-31-26-40(27-32-42)44-17-9-12-22-51(44)57-52-23-13-10-20-47(52)54-45-18-7-6-16-39(45)28-35-53(54)57/h3-4,6-10,12-14,16-20,22-26,28-32,35-36,40H,5,11,15,21,27,33-34H2,1-2H3. The minimum atomic E-state index is 0.139. The molecule has 0 N–H and O–H groups in total. The Hall–Kier alpha value is -6.12. The molecule has 0 saturated carbocycles. The van der Waals surface area contributed by atoms with Gasteiger partial charge in [0.25, 0.3) is 0 Å². The summed E-state index contributed by atoms with van der Waals surface area (Å²) in [6, 6.07) is 40.8. The van der Waals surface area contributed by atoms with Gasteiger partial charge in [0.15, 0.2) is 0 Å². The van der Waals surface area contributed by atoms with Crippen LogP contribution < -0.4 is 4.90 Å². The highest BCUT2D eigenvalue weighted by atomic mass is 15.2. The zero-order chi connectivity index (χ0) is 38.1. The van der Waals surface area contributed by atoms with Crippen LogP contribution in [-0.2, 0) is 0 Å². The van der Waals surface area contributed by atoms with E-state index in [1.54, 1.807) is 11.1 Å². The van der Waals surface area contributed by atoms with Crippen molar-refractivity contribution in [2.75, 3.05) is 4.90 Å². The van der Waals surface area contributed by atoms with Crippen molar-refractivity contribution >= 4 is 43.8 Å². The summed E-state index contributed by atoms with van der Waals surface area (Å²) in [5.74, 6) is 0.252. The number of hydrogen-bond donors (Lipinski definition) is 0. The van der Waals surface area contributed by atoms with Crippen molar-refractivity contribution < 1.29 is 0 Å². The molecule has 11 rings (SSSR count). The van der Waals surface area contributed by atoms with Crippen molar-refractivity contribution in [2.45, 2.75) is 64.7 Å². The zero-order valence-corrected chi connectivity index (χ0v) is 33.0. The average Bonchev–Trinajstić information content (AvgIpc) is 3.73. The van der Waals surface area contributed by atoms with Gasteiger partial charge in [-0.2, -0.15) is 0 Å². The fraction of sp³-hybridized carbons (Fsp3) is 0.200. The first kappa shape index (κ1) is 34.2. The van der Waals surface area contributed by atoms with E-state index >= 15 is 0 Å². The van der Waals surface area contributed by atoms with Gasteiger partial charge >= 0.3 is 0 Å². The van der Waals surface area contributed by atoms with E-state index in [1.165, 1.54) is 89.6 Å². The van der Waals surface area contributed by atoms with E-state index in [9.17, 15) is 0 Å². The monoisotopic (exact) mass is 736 g/mol. The Morgan fingerprint density at radius 1 is 0.667 bits per heavy atom. The number of rotatable bonds is 6. The molecule has 5 aromatic carbocycles. The summed E-state index contributed by atoms with van der Waals surface area (Å²) in [4.78, 5) is 2.57. The van der Waals surface area contributed by atoms with Crippen molar-refractivity contribution in [3.8, 4) is 5.69 Å². The van der Waals surface area contributed by atoms with E-state index in [4.69, 9.17) is 0 Å². The minimum Gasteiger partial charge on any atom is -0.315 e. The van der Waals surface area contributed by atoms with Crippen molar-refractivity contribution in [2.24, 2.45) is 5.41 Å². The molecule has 0 amide bonds. The maximum Gasteiger partial charge on any atom is 0.0547 e. The van der Waals surface area contributed by atoms with Crippen molar-refractivity contribution in [3.63, 3.8) is 0 Å². The first-order valence-electron chi connectivity index (χ1n) is 21.0. The molecule has 0 bridgehead atoms. The summed E-state index contributed by atoms with van der Waals surface area (Å²) in [5, 5.41) is 5.21. The molecular formula is C55H48N2. The Labute approximate surface area is 336 Å². The number of benzene rings is 5. The Balaban J connectivity index is 0.990. The zero-order valence-electron chi connectivity index (χ0n) is 33.0. The van der Waals surface area contributed by atoms with Crippen molar-refractivity contribution in [1.82, 2.24) is 4.57 Å². The lowest BCUT2D eigenvalue weighted by molar-refractivity contribution is 0.500. The number of fused-ring (bicyclic) bond motifs is 6. The fourth-order valence-corrected chi connectivity index (χ4v) is 10.7. The highest BCUT2D eigenvalue weighted by Gasteiger charge is 2.40. The molecule has 0 saturated heterocycles. The summed E-state index contributed by atoms with van der Waals surface area (Å²) in [7, 11) is 0. The number of para-hydroxylation sites is 2. The van der Waals surface area contributed by atoms with Gasteiger partial charge in [0, 0.05) is 44.9 Å². The van der Waals surface area contributed by atoms with Crippen LogP contribution in [0, 0.1) is 5.41 Å². The summed E-state index contributed by atoms with van der Waals surface area (Å²) in [6.07, 6.45) is 29.1. The van der Waals surface area contributed by atoms with Gasteiger partial charge in [0.2, 0.25) is 0 Å². The number of anilines is 1. The van der Waals surface area contributed by atoms with E-state index in [-0.39, 0.29) is 11.3 Å². The molecule has 2 nitrogen and oxygen atoms in total. The van der Waals surface area contributed by atoms with Crippen LogP contribution in [0.5, 0.6) is 0 Å². The van der Waals surface area contributed by atoms with E-state index in [2.05, 4.69) is 187 Å². The number of hydrogen-bond acceptors (Lipinski definition) is 1. The molecule has 57 heavy (non-hydrogen) atoms. The summed E-state index contributed by atoms with van der Waals surface area (Å²) < 4.78 is 2.51. The third-order valence-electron chi connectivity index (χ3n) is 13.5. The van der Waals surface area contributed by atoms with Crippen LogP contribution in [0.1, 0.15) is 75.8 Å². The number of aromatic nitrogens is 1. The molecule has 6 aromatic rings. The molecule has 1 aromatic heterocycles. The SMILES string of the molecule is CC1(C)C2=C(C=CCC2)C2=C1CCC(N(C1=CCC(c3ccccc3-n3c4ccccc4c4c5ccccc5ccc43)C=C1)c1ccc(C3=CC=CCC3)cc1)=C2. The van der Waals surface area contributed by atoms with Crippen LogP contribution in [-0.4, -0.2) is 4.57 Å². The highest BCUT2D eigenvalue weighted by Crippen LogP contribution is 2.55. The number of nitrogens with zero attached hydrogens (tertiary/aromatic N) is 2. The van der Waals surface area contributed by atoms with E-state index in [0.29, 0.717) is 0 Å². The molecule has 0 spiro atoms. The maximum absolute atomic E-state index is 2.57. The molecule has 278 valence electrons. The Morgan fingerprint density at radius 2 is 1.46 bits per heavy atom. The van der Waals surface area contributed by atoms with E-state index in [0.717, 1.165) is 38.5 Å². The van der Waals surface area contributed by atoms with Crippen LogP contribution >= 0.6 is 0 Å². The van der Waals surface area contributed by atoms with Gasteiger partial charge in [0.05, 0.1) is 11.0 Å². The van der Waals surface area contributed by atoms with E-state index in [1.807, 2.05) is 0 Å². The summed E-state index contributed by atoms with van der Waals surface area (Å²) >= 11 is 0. The van der Waals surface area contributed by atoms with Gasteiger partial charge in [-0.1, -0.05) is 146 Å². The molecule has 0 aliphatic heterocycles. The number of allylic oxidation sites excluding steroid dienone is 15. The van der Waals surface area contributed by atoms with Crippen molar-refractivity contribution in [3.05, 3.63) is 209 Å². The first-order chi connectivity index (χ1) is 28.0. The van der Waals surface area contributed by atoms with Crippen LogP contribution in [0.2, 0.25) is 0 Å². The second-order valence-corrected chi connectivity index (χ2v) is 16.9. The normalized spacial score (nSPS) is 19.9. The third-order valence-corrected chi connectivity index (χ3v) is 13.5. The highest BCUT2D eigenvalue weighted by molar-refractivity contribution is 6.21. The molecule has 0 fully saturated rings. The largest absolute Gasteiger partial charge is 0.315 e. The molecular weight excluding hydrogens is 689 g/mol. The molecule has 5 aliphatic carbocycles. The average molecular weight is 737 g/mol. The Bertz CT molecular complexity index is 2890. The van der Waals surface area contributed by atoms with Gasteiger partial charge < -0.3 is 9.47 Å². The molecule has 1 unspecified atom stereocenters. The van der Waals surface area contributed by atoms with Gasteiger partial charge in [-0.05, 0) is 126 Å². The second kappa shape index (κ2) is 13.5. The van der Waals surface area contributed by atoms with Crippen molar-refractivity contribution in [1.29, 1.82) is 0 Å². The molecule has 2 heteroatoms.